The second kappa shape index (κ2) is 5.64. The Morgan fingerprint density at radius 1 is 1.20 bits per heavy atom. The van der Waals surface area contributed by atoms with E-state index < -0.39 is 10.0 Å². The Kier molecular flexibility index (Phi) is 4.04. The van der Waals surface area contributed by atoms with Crippen molar-refractivity contribution in [3.8, 4) is 0 Å². The molecule has 1 aromatic carbocycles. The molecule has 4 nitrogen and oxygen atoms in total. The van der Waals surface area contributed by atoms with E-state index >= 15 is 0 Å². The maximum absolute atomic E-state index is 12.1. The summed E-state index contributed by atoms with van der Waals surface area (Å²) in [5.41, 5.74) is 0.944. The SMILES string of the molecule is O=S(=O)(NCC1CC1)c1ccc(CNC2CC2)c(Cl)c1. The van der Waals surface area contributed by atoms with E-state index in [1.54, 1.807) is 18.2 Å². The first kappa shape index (κ1) is 14.3. The van der Waals surface area contributed by atoms with E-state index in [4.69, 9.17) is 11.6 Å². The van der Waals surface area contributed by atoms with Crippen LogP contribution in [0.15, 0.2) is 23.1 Å². The predicted molar refractivity (Wildman–Crippen MR) is 79.2 cm³/mol. The maximum atomic E-state index is 12.1. The molecule has 0 bridgehead atoms. The smallest absolute Gasteiger partial charge is 0.240 e. The molecule has 0 radical (unpaired) electrons. The van der Waals surface area contributed by atoms with Crippen LogP contribution in [-0.2, 0) is 16.6 Å². The monoisotopic (exact) mass is 314 g/mol. The highest BCUT2D eigenvalue weighted by Crippen LogP contribution is 2.28. The topological polar surface area (TPSA) is 58.2 Å². The van der Waals surface area contributed by atoms with E-state index in [0.717, 1.165) is 18.4 Å². The molecule has 2 saturated carbocycles. The van der Waals surface area contributed by atoms with Crippen LogP contribution in [0.3, 0.4) is 0 Å². The third kappa shape index (κ3) is 3.73. The number of nitrogens with one attached hydrogen (secondary N) is 2. The van der Waals surface area contributed by atoms with Crippen molar-refractivity contribution in [3.63, 3.8) is 0 Å². The average Bonchev–Trinajstić information content (AvgIpc) is 3.27. The van der Waals surface area contributed by atoms with Gasteiger partial charge in [0.1, 0.15) is 0 Å². The van der Waals surface area contributed by atoms with Crippen LogP contribution in [0.4, 0.5) is 0 Å². The van der Waals surface area contributed by atoms with Crippen LogP contribution in [-0.4, -0.2) is 21.0 Å². The fraction of sp³-hybridized carbons (Fsp3) is 0.571. The average molecular weight is 315 g/mol. The highest BCUT2D eigenvalue weighted by atomic mass is 35.5. The van der Waals surface area contributed by atoms with Gasteiger partial charge in [0.05, 0.1) is 4.90 Å². The summed E-state index contributed by atoms with van der Waals surface area (Å²) in [5, 5.41) is 3.88. The third-order valence-corrected chi connectivity index (χ3v) is 5.53. The molecule has 1 aromatic rings. The zero-order valence-corrected chi connectivity index (χ0v) is 12.8. The minimum absolute atomic E-state index is 0.248. The van der Waals surface area contributed by atoms with Gasteiger partial charge in [-0.2, -0.15) is 0 Å². The van der Waals surface area contributed by atoms with Crippen LogP contribution in [0, 0.1) is 5.92 Å². The van der Waals surface area contributed by atoms with Crippen molar-refractivity contribution in [2.45, 2.75) is 43.2 Å². The van der Waals surface area contributed by atoms with E-state index in [2.05, 4.69) is 10.0 Å². The van der Waals surface area contributed by atoms with E-state index in [1.807, 2.05) is 0 Å². The number of hydrogen-bond acceptors (Lipinski definition) is 3. The van der Waals surface area contributed by atoms with Gasteiger partial charge in [-0.15, -0.1) is 0 Å². The van der Waals surface area contributed by atoms with Crippen molar-refractivity contribution in [1.82, 2.24) is 10.0 Å². The molecule has 0 saturated heterocycles. The first-order chi connectivity index (χ1) is 9.54. The summed E-state index contributed by atoms with van der Waals surface area (Å²) in [6, 6.07) is 5.57. The second-order valence-electron chi connectivity index (χ2n) is 5.70. The number of benzene rings is 1. The van der Waals surface area contributed by atoms with Gasteiger partial charge in [-0.05, 0) is 49.3 Å². The van der Waals surface area contributed by atoms with E-state index in [-0.39, 0.29) is 4.90 Å². The van der Waals surface area contributed by atoms with Crippen LogP contribution < -0.4 is 10.0 Å². The molecule has 0 spiro atoms. The molecule has 20 heavy (non-hydrogen) atoms. The Balaban J connectivity index is 1.67. The summed E-state index contributed by atoms with van der Waals surface area (Å²) in [6.45, 7) is 1.23. The quantitative estimate of drug-likeness (QED) is 0.812. The molecule has 2 aliphatic carbocycles. The van der Waals surface area contributed by atoms with Crippen molar-refractivity contribution < 1.29 is 8.42 Å². The molecule has 0 atom stereocenters. The minimum Gasteiger partial charge on any atom is -0.310 e. The van der Waals surface area contributed by atoms with Gasteiger partial charge in [-0.1, -0.05) is 17.7 Å². The minimum atomic E-state index is -3.43. The first-order valence-corrected chi connectivity index (χ1v) is 8.92. The first-order valence-electron chi connectivity index (χ1n) is 7.06. The fourth-order valence-electron chi connectivity index (χ4n) is 2.01. The molecule has 0 amide bonds. The largest absolute Gasteiger partial charge is 0.310 e. The van der Waals surface area contributed by atoms with Crippen molar-refractivity contribution in [1.29, 1.82) is 0 Å². The van der Waals surface area contributed by atoms with Gasteiger partial charge in [0, 0.05) is 24.2 Å². The molecule has 0 heterocycles. The number of hydrogen-bond donors (Lipinski definition) is 2. The molecule has 0 unspecified atom stereocenters. The molecular weight excluding hydrogens is 296 g/mol. The Morgan fingerprint density at radius 2 is 1.95 bits per heavy atom. The summed E-state index contributed by atoms with van der Waals surface area (Å²) in [4.78, 5) is 0.248. The molecule has 0 aromatic heterocycles. The Bertz CT molecular complexity index is 595. The van der Waals surface area contributed by atoms with Crippen molar-refractivity contribution in [3.05, 3.63) is 28.8 Å². The fourth-order valence-corrected chi connectivity index (χ4v) is 3.47. The second-order valence-corrected chi connectivity index (χ2v) is 7.88. The van der Waals surface area contributed by atoms with Crippen molar-refractivity contribution >= 4 is 21.6 Å². The normalized spacial score (nSPS) is 19.2. The summed E-state index contributed by atoms with van der Waals surface area (Å²) >= 11 is 6.18. The Labute approximate surface area is 125 Å². The lowest BCUT2D eigenvalue weighted by atomic mass is 10.2. The van der Waals surface area contributed by atoms with Gasteiger partial charge in [-0.25, -0.2) is 13.1 Å². The third-order valence-electron chi connectivity index (χ3n) is 3.75. The molecule has 3 rings (SSSR count). The predicted octanol–water partition coefficient (Wildman–Crippen LogP) is 2.28. The lowest BCUT2D eigenvalue weighted by Gasteiger charge is -2.09. The van der Waals surface area contributed by atoms with Gasteiger partial charge >= 0.3 is 0 Å². The lowest BCUT2D eigenvalue weighted by Crippen LogP contribution is -2.26. The number of halogens is 1. The molecule has 2 N–H and O–H groups in total. The van der Waals surface area contributed by atoms with Gasteiger partial charge in [0.2, 0.25) is 10.0 Å². The standard InChI is InChI=1S/C14H19ClN2O2S/c15-14-7-13(20(18,19)17-8-10-1-2-10)6-3-11(14)9-16-12-4-5-12/h3,6-7,10,12,16-17H,1-2,4-5,8-9H2. The van der Waals surface area contributed by atoms with E-state index in [1.165, 1.54) is 12.8 Å². The van der Waals surface area contributed by atoms with Crippen LogP contribution in [0.5, 0.6) is 0 Å². The van der Waals surface area contributed by atoms with Crippen LogP contribution in [0.1, 0.15) is 31.2 Å². The summed E-state index contributed by atoms with van der Waals surface area (Å²) in [5.74, 6) is 0.516. The summed E-state index contributed by atoms with van der Waals surface area (Å²) in [7, 11) is -3.43. The van der Waals surface area contributed by atoms with Crippen LogP contribution in [0.25, 0.3) is 0 Å². The summed E-state index contributed by atoms with van der Waals surface area (Å²) < 4.78 is 26.9. The molecule has 2 aliphatic rings. The van der Waals surface area contributed by atoms with Gasteiger partial charge in [-0.3, -0.25) is 0 Å². The van der Waals surface area contributed by atoms with Gasteiger partial charge < -0.3 is 5.32 Å². The lowest BCUT2D eigenvalue weighted by molar-refractivity contribution is 0.577. The zero-order chi connectivity index (χ0) is 14.2. The van der Waals surface area contributed by atoms with Crippen LogP contribution in [0.2, 0.25) is 5.02 Å². The van der Waals surface area contributed by atoms with Crippen molar-refractivity contribution in [2.24, 2.45) is 5.92 Å². The maximum Gasteiger partial charge on any atom is 0.240 e. The van der Waals surface area contributed by atoms with Gasteiger partial charge in [0.25, 0.3) is 0 Å². The van der Waals surface area contributed by atoms with Gasteiger partial charge in [0.15, 0.2) is 0 Å². The Morgan fingerprint density at radius 3 is 2.55 bits per heavy atom. The molecule has 110 valence electrons. The number of sulfonamides is 1. The van der Waals surface area contributed by atoms with Crippen LogP contribution >= 0.6 is 11.6 Å². The number of rotatable bonds is 7. The molecule has 0 aliphatic heterocycles. The highest BCUT2D eigenvalue weighted by Gasteiger charge is 2.25. The van der Waals surface area contributed by atoms with Crippen molar-refractivity contribution in [2.75, 3.05) is 6.54 Å². The summed E-state index contributed by atoms with van der Waals surface area (Å²) in [6.07, 6.45) is 4.68. The molecule has 2 fully saturated rings. The molecule has 6 heteroatoms. The van der Waals surface area contributed by atoms with E-state index in [0.29, 0.717) is 30.1 Å². The molecular formula is C14H19ClN2O2S. The highest BCUT2D eigenvalue weighted by molar-refractivity contribution is 7.89. The van der Waals surface area contributed by atoms with E-state index in [9.17, 15) is 8.42 Å². The Hall–Kier alpha value is -0.620. The zero-order valence-electron chi connectivity index (χ0n) is 11.2.